The second kappa shape index (κ2) is 7.61. The molecular formula is C20H14ClN5O3. The summed E-state index contributed by atoms with van der Waals surface area (Å²) < 4.78 is 1.80. The van der Waals surface area contributed by atoms with Gasteiger partial charge in [-0.2, -0.15) is 0 Å². The third kappa shape index (κ3) is 3.74. The summed E-state index contributed by atoms with van der Waals surface area (Å²) in [4.78, 5) is 34.5. The van der Waals surface area contributed by atoms with Crippen LogP contribution < -0.4 is 10.2 Å². The van der Waals surface area contributed by atoms with Crippen LogP contribution in [0.25, 0.3) is 16.9 Å². The molecule has 1 amide bonds. The highest BCUT2D eigenvalue weighted by Gasteiger charge is 2.11. The third-order valence-corrected chi connectivity index (χ3v) is 4.48. The van der Waals surface area contributed by atoms with E-state index < -0.39 is 5.97 Å². The molecule has 9 heteroatoms. The molecule has 0 aliphatic heterocycles. The highest BCUT2D eigenvalue weighted by atomic mass is 35.5. The number of hydrogen-bond acceptors (Lipinski definition) is 5. The largest absolute Gasteiger partial charge is 0.478 e. The van der Waals surface area contributed by atoms with Crippen molar-refractivity contribution >= 4 is 40.8 Å². The van der Waals surface area contributed by atoms with E-state index in [1.807, 2.05) is 6.20 Å². The summed E-state index contributed by atoms with van der Waals surface area (Å²) in [5.74, 6) is -0.893. The van der Waals surface area contributed by atoms with E-state index in [1.54, 1.807) is 53.2 Å². The molecule has 0 atom stereocenters. The molecule has 0 fully saturated rings. The third-order valence-electron chi connectivity index (χ3n) is 4.30. The normalized spacial score (nSPS) is 10.7. The van der Waals surface area contributed by atoms with Gasteiger partial charge >= 0.3 is 5.97 Å². The van der Waals surface area contributed by atoms with Crippen LogP contribution in [-0.4, -0.2) is 31.4 Å². The lowest BCUT2D eigenvalue weighted by atomic mass is 10.1. The van der Waals surface area contributed by atoms with Crippen LogP contribution >= 0.6 is 11.8 Å². The first-order valence-corrected chi connectivity index (χ1v) is 8.88. The van der Waals surface area contributed by atoms with E-state index in [1.165, 1.54) is 12.1 Å². The standard InChI is InChI=1S/C20H14ClN5O3/c21-25-17-18-22-9-10-26(18)11-16(24-17)12-1-3-13(4-2-12)19(27)23-15-7-5-14(6-8-15)20(28)29/h1-11H,(H,23,27)(H,24,25)(H,28,29). The zero-order valence-corrected chi connectivity index (χ0v) is 15.6. The molecule has 8 nitrogen and oxygen atoms in total. The van der Waals surface area contributed by atoms with Crippen molar-refractivity contribution in [3.63, 3.8) is 0 Å². The number of carboxylic acids is 1. The van der Waals surface area contributed by atoms with Gasteiger partial charge in [0, 0.05) is 47.2 Å². The maximum Gasteiger partial charge on any atom is 0.335 e. The van der Waals surface area contributed by atoms with Gasteiger partial charge in [-0.3, -0.25) is 9.63 Å². The van der Waals surface area contributed by atoms with E-state index >= 15 is 0 Å². The van der Waals surface area contributed by atoms with E-state index in [4.69, 9.17) is 16.9 Å². The van der Waals surface area contributed by atoms with E-state index in [-0.39, 0.29) is 11.5 Å². The number of aromatic carboxylic acids is 1. The zero-order valence-electron chi connectivity index (χ0n) is 14.8. The molecule has 2 heterocycles. The number of carboxylic acid groups (broad SMARTS) is 1. The van der Waals surface area contributed by atoms with Gasteiger partial charge in [-0.15, -0.1) is 0 Å². The summed E-state index contributed by atoms with van der Waals surface area (Å²) in [7, 11) is 0. The summed E-state index contributed by atoms with van der Waals surface area (Å²) >= 11 is 5.74. The monoisotopic (exact) mass is 407 g/mol. The number of fused-ring (bicyclic) bond motifs is 1. The Kier molecular flexibility index (Phi) is 4.84. The number of nitrogens with one attached hydrogen (secondary N) is 2. The minimum atomic E-state index is -1.02. The number of amides is 1. The molecule has 4 aromatic rings. The van der Waals surface area contributed by atoms with Crippen molar-refractivity contribution in [3.05, 3.63) is 78.2 Å². The molecule has 0 bridgehead atoms. The summed E-state index contributed by atoms with van der Waals surface area (Å²) in [6.07, 6.45) is 5.25. The lowest BCUT2D eigenvalue weighted by Crippen LogP contribution is -2.12. The SMILES string of the molecule is O=C(O)c1ccc(NC(=O)c2ccc(-c3cn4ccnc4c(NCl)n3)cc2)cc1. The molecule has 0 saturated carbocycles. The van der Waals surface area contributed by atoms with Crippen molar-refractivity contribution in [3.8, 4) is 11.3 Å². The first kappa shape index (κ1) is 18.5. The molecule has 144 valence electrons. The first-order chi connectivity index (χ1) is 14.0. The lowest BCUT2D eigenvalue weighted by Gasteiger charge is -2.08. The van der Waals surface area contributed by atoms with Crippen molar-refractivity contribution in [2.45, 2.75) is 0 Å². The average molecular weight is 408 g/mol. The number of nitrogens with zero attached hydrogens (tertiary/aromatic N) is 3. The Morgan fingerprint density at radius 3 is 2.34 bits per heavy atom. The molecule has 29 heavy (non-hydrogen) atoms. The van der Waals surface area contributed by atoms with Crippen molar-refractivity contribution in [1.29, 1.82) is 0 Å². The van der Waals surface area contributed by atoms with Crippen LogP contribution in [0.4, 0.5) is 11.5 Å². The van der Waals surface area contributed by atoms with Crippen molar-refractivity contribution in [2.24, 2.45) is 0 Å². The molecule has 0 radical (unpaired) electrons. The number of anilines is 2. The van der Waals surface area contributed by atoms with Gasteiger partial charge in [-0.25, -0.2) is 14.8 Å². The lowest BCUT2D eigenvalue weighted by molar-refractivity contribution is 0.0696. The van der Waals surface area contributed by atoms with Crippen LogP contribution in [0.2, 0.25) is 0 Å². The van der Waals surface area contributed by atoms with Gasteiger partial charge in [0.25, 0.3) is 5.91 Å². The Morgan fingerprint density at radius 1 is 1.00 bits per heavy atom. The molecule has 0 unspecified atom stereocenters. The maximum atomic E-state index is 12.4. The van der Waals surface area contributed by atoms with Crippen LogP contribution in [0.3, 0.4) is 0 Å². The molecule has 0 aliphatic rings. The van der Waals surface area contributed by atoms with Crippen LogP contribution in [0, 0.1) is 0 Å². The van der Waals surface area contributed by atoms with Crippen molar-refractivity contribution < 1.29 is 14.7 Å². The molecule has 4 rings (SSSR count). The number of halogens is 1. The number of aromatic nitrogens is 3. The minimum Gasteiger partial charge on any atom is -0.478 e. The molecule has 3 N–H and O–H groups in total. The quantitative estimate of drug-likeness (QED) is 0.433. The predicted octanol–water partition coefficient (Wildman–Crippen LogP) is 3.91. The molecule has 0 aliphatic carbocycles. The van der Waals surface area contributed by atoms with E-state index in [2.05, 4.69) is 20.1 Å². The van der Waals surface area contributed by atoms with Gasteiger partial charge in [0.2, 0.25) is 0 Å². The first-order valence-electron chi connectivity index (χ1n) is 8.50. The average Bonchev–Trinajstić information content (AvgIpc) is 3.22. The predicted molar refractivity (Wildman–Crippen MR) is 109 cm³/mol. The molecule has 0 saturated heterocycles. The van der Waals surface area contributed by atoms with Crippen molar-refractivity contribution in [1.82, 2.24) is 14.4 Å². The van der Waals surface area contributed by atoms with Gasteiger partial charge in [0.15, 0.2) is 11.5 Å². The number of benzene rings is 2. The van der Waals surface area contributed by atoms with Gasteiger partial charge < -0.3 is 14.8 Å². The molecule has 2 aromatic carbocycles. The van der Waals surface area contributed by atoms with Crippen LogP contribution in [0.15, 0.2) is 67.1 Å². The molecular weight excluding hydrogens is 394 g/mol. The topological polar surface area (TPSA) is 109 Å². The van der Waals surface area contributed by atoms with E-state index in [0.717, 1.165) is 5.56 Å². The Morgan fingerprint density at radius 2 is 1.69 bits per heavy atom. The number of hydrogen-bond donors (Lipinski definition) is 3. The Balaban J connectivity index is 1.54. The smallest absolute Gasteiger partial charge is 0.335 e. The van der Waals surface area contributed by atoms with E-state index in [9.17, 15) is 9.59 Å². The van der Waals surface area contributed by atoms with Gasteiger partial charge in [-0.1, -0.05) is 12.1 Å². The van der Waals surface area contributed by atoms with Gasteiger partial charge in [0.05, 0.1) is 11.3 Å². The molecule has 2 aromatic heterocycles. The van der Waals surface area contributed by atoms with Gasteiger partial charge in [0.1, 0.15) is 0 Å². The fraction of sp³-hybridized carbons (Fsp3) is 0. The second-order valence-corrected chi connectivity index (χ2v) is 6.33. The summed E-state index contributed by atoms with van der Waals surface area (Å²) in [6.45, 7) is 0. The number of rotatable bonds is 5. The maximum absolute atomic E-state index is 12.4. The van der Waals surface area contributed by atoms with Gasteiger partial charge in [-0.05, 0) is 36.4 Å². The Bertz CT molecular complexity index is 1200. The zero-order chi connectivity index (χ0) is 20.4. The Labute approximate surface area is 169 Å². The molecule has 0 spiro atoms. The fourth-order valence-corrected chi connectivity index (χ4v) is 2.95. The fourth-order valence-electron chi connectivity index (χ4n) is 2.83. The van der Waals surface area contributed by atoms with Crippen LogP contribution in [0.1, 0.15) is 20.7 Å². The summed E-state index contributed by atoms with van der Waals surface area (Å²) in [5, 5.41) is 11.7. The highest BCUT2D eigenvalue weighted by Crippen LogP contribution is 2.23. The summed E-state index contributed by atoms with van der Waals surface area (Å²) in [5.41, 5.74) is 3.18. The Hall–Kier alpha value is -3.91. The summed E-state index contributed by atoms with van der Waals surface area (Å²) in [6, 6.07) is 12.9. The minimum absolute atomic E-state index is 0.153. The van der Waals surface area contributed by atoms with Crippen LogP contribution in [-0.2, 0) is 0 Å². The second-order valence-electron chi connectivity index (χ2n) is 6.14. The van der Waals surface area contributed by atoms with Crippen molar-refractivity contribution in [2.75, 3.05) is 10.2 Å². The number of imidazole rings is 1. The van der Waals surface area contributed by atoms with E-state index in [0.29, 0.717) is 28.4 Å². The number of carbonyl (C=O) groups excluding carboxylic acids is 1. The van der Waals surface area contributed by atoms with Crippen LogP contribution in [0.5, 0.6) is 0 Å². The highest BCUT2D eigenvalue weighted by molar-refractivity contribution is 6.24. The number of carbonyl (C=O) groups is 2.